The van der Waals surface area contributed by atoms with Gasteiger partial charge >= 0.3 is 0 Å². The molecule has 2 aliphatic heterocycles. The molecule has 17 aromatic rings. The third kappa shape index (κ3) is 12.4. The molecule has 122 heavy (non-hydrogen) atoms. The Balaban J connectivity index is 0.930. The smallest absolute Gasteiger partial charge is 0.252 e. The summed E-state index contributed by atoms with van der Waals surface area (Å²) in [5, 5.41) is 2.42. The van der Waals surface area contributed by atoms with Crippen LogP contribution in [-0.4, -0.2) is 11.3 Å². The zero-order chi connectivity index (χ0) is 82.3. The molecule has 1 atom stereocenters. The van der Waals surface area contributed by atoms with Gasteiger partial charge in [-0.25, -0.2) is 0 Å². The first kappa shape index (κ1) is 74.7. The average molecular weight is 1570 g/mol. The molecule has 0 amide bonds. The van der Waals surface area contributed by atoms with Crippen LogP contribution >= 0.6 is 0 Å². The van der Waals surface area contributed by atoms with Crippen LogP contribution in [0.15, 0.2) is 382 Å². The van der Waals surface area contributed by atoms with Crippen molar-refractivity contribution in [3.63, 3.8) is 0 Å². The highest BCUT2D eigenvalue weighted by Gasteiger charge is 2.48. The van der Waals surface area contributed by atoms with Crippen molar-refractivity contribution in [1.82, 2.24) is 4.57 Å². The molecule has 22 rings (SSSR count). The topological polar surface area (TPSA) is 11.4 Å². The predicted molar refractivity (Wildman–Crippen MR) is 520 cm³/mol. The summed E-state index contributed by atoms with van der Waals surface area (Å²) >= 11 is 0. The Labute approximate surface area is 719 Å². The second-order valence-corrected chi connectivity index (χ2v) is 37.4. The zero-order valence-corrected chi connectivity index (χ0v) is 70.9. The van der Waals surface area contributed by atoms with Crippen molar-refractivity contribution in [2.75, 3.05) is 9.80 Å². The maximum absolute atomic E-state index is 2.78. The van der Waals surface area contributed by atoms with Crippen LogP contribution in [0.3, 0.4) is 0 Å². The summed E-state index contributed by atoms with van der Waals surface area (Å²) in [5.41, 5.74) is 41.9. The summed E-state index contributed by atoms with van der Waals surface area (Å²) in [6, 6.07) is 138. The van der Waals surface area contributed by atoms with Gasteiger partial charge in [0.2, 0.25) is 0 Å². The molecule has 3 nitrogen and oxygen atoms in total. The average Bonchev–Trinajstić information content (AvgIpc) is 0.825. The number of hydrogen-bond donors (Lipinski definition) is 0. The molecule has 0 spiro atoms. The molecule has 3 aliphatic carbocycles. The lowest BCUT2D eigenvalue weighted by atomic mass is 9.33. The van der Waals surface area contributed by atoms with Crippen LogP contribution in [0, 0.1) is 0 Å². The Bertz CT molecular complexity index is 6970. The Morgan fingerprint density at radius 3 is 1.06 bits per heavy atom. The molecule has 0 saturated heterocycles. The number of para-hydroxylation sites is 4. The third-order valence-electron chi connectivity index (χ3n) is 28.2. The van der Waals surface area contributed by atoms with E-state index in [4.69, 9.17) is 0 Å². The Morgan fingerprint density at radius 2 is 0.631 bits per heavy atom. The van der Waals surface area contributed by atoms with Crippen LogP contribution in [0.2, 0.25) is 0 Å². The van der Waals surface area contributed by atoms with Gasteiger partial charge < -0.3 is 14.4 Å². The van der Waals surface area contributed by atoms with E-state index in [-0.39, 0.29) is 34.3 Å². The van der Waals surface area contributed by atoms with Gasteiger partial charge in [-0.05, 0) is 230 Å². The lowest BCUT2D eigenvalue weighted by molar-refractivity contribution is 0.333. The fraction of sp³-hybridized carbons (Fsp3) is 0.153. The molecule has 588 valence electrons. The van der Waals surface area contributed by atoms with Crippen LogP contribution in [0.5, 0.6) is 0 Å². The fourth-order valence-corrected chi connectivity index (χ4v) is 21.8. The normalized spacial score (nSPS) is 16.1. The number of anilines is 6. The van der Waals surface area contributed by atoms with Gasteiger partial charge in [-0.15, -0.1) is 0 Å². The highest BCUT2D eigenvalue weighted by atomic mass is 15.2. The quantitative estimate of drug-likeness (QED) is 0.107. The number of aromatic nitrogens is 1. The van der Waals surface area contributed by atoms with Crippen molar-refractivity contribution in [2.45, 2.75) is 115 Å². The molecule has 5 aliphatic rings. The molecule has 0 N–H and O–H groups in total. The molecular formula is C118H98BN3. The third-order valence-corrected chi connectivity index (χ3v) is 28.2. The summed E-state index contributed by atoms with van der Waals surface area (Å²) in [6.45, 7) is 19.6. The highest BCUT2D eigenvalue weighted by Crippen LogP contribution is 2.58. The van der Waals surface area contributed by atoms with Gasteiger partial charge in [0.25, 0.3) is 6.71 Å². The molecule has 4 heteroatoms. The van der Waals surface area contributed by atoms with Crippen molar-refractivity contribution in [3.8, 4) is 106 Å². The van der Waals surface area contributed by atoms with Gasteiger partial charge in [0.05, 0.1) is 28.1 Å². The van der Waals surface area contributed by atoms with Gasteiger partial charge in [-0.2, -0.15) is 0 Å². The Morgan fingerprint density at radius 1 is 0.279 bits per heavy atom. The van der Waals surface area contributed by atoms with Crippen molar-refractivity contribution in [2.24, 2.45) is 0 Å². The molecular weight excluding hydrogens is 1470 g/mol. The molecule has 1 aromatic heterocycles. The van der Waals surface area contributed by atoms with Gasteiger partial charge in [0, 0.05) is 61.7 Å². The first-order chi connectivity index (χ1) is 59.5. The van der Waals surface area contributed by atoms with Gasteiger partial charge in [-0.3, -0.25) is 0 Å². The van der Waals surface area contributed by atoms with Gasteiger partial charge in [-0.1, -0.05) is 383 Å². The standard InChI is InChI=1S/C118H98BN3/c1-115(2)65-67-117(5,6)110-92(51-31-57-100(110)115)89-61-63-106-102(73-89)119-103-74-90(93-52-32-58-101-111(93)118(7,8)68-66-116(101,3)4)62-64-107(103)122(114-96(87-47-27-43-83(71-87)79-37-17-11-18-38-79)55-30-56-97(114)88-48-28-44-84(72-88)80-39-19-12-20-40-80)109-76-91(120-104-59-23-21-49-98(104)99-50-22-24-60-105(99)120)75-108(112(109)119)121(106)113-94(85-45-25-41-81(69-85)77-33-13-9-14-34-77)53-29-54-95(113)86-46-26-42-82(70-86)78-35-15-10-16-36-78/h9-39,41-64,69-76,80H,40,65-68H2,1-8H3. The monoisotopic (exact) mass is 1570 g/mol. The lowest BCUT2D eigenvalue weighted by Crippen LogP contribution is -2.61. The second kappa shape index (κ2) is 29.1. The van der Waals surface area contributed by atoms with E-state index in [0.29, 0.717) is 0 Å². The molecule has 0 saturated carbocycles. The van der Waals surface area contributed by atoms with E-state index in [1.165, 1.54) is 93.9 Å². The predicted octanol–water partition coefficient (Wildman–Crippen LogP) is 30.2. The maximum atomic E-state index is 2.78. The maximum Gasteiger partial charge on any atom is 0.252 e. The summed E-state index contributed by atoms with van der Waals surface area (Å²) in [5.74, 6) is 0.225. The SMILES string of the molecule is CC1(C)CCC(C)(C)c2c(-c3ccc4c(c3)B3c5cc(-c6cccc7c6C(C)(C)CCC7(C)C)ccc5N(c5c(-c6cccc(-c7ccccc7)c6)cccc5-c5cccc(C6C=CC=CC6)c5)c5cc(-n6c7ccccc7c7ccccc76)cc(c53)N4c3c(-c4cccc(-c5ccccc5)c4)cccc3-c3cccc(-c4ccccc4)c3)cccc21. The second-order valence-electron chi connectivity index (χ2n) is 37.4. The number of nitrogens with zero attached hydrogens (tertiary/aromatic N) is 3. The highest BCUT2D eigenvalue weighted by molar-refractivity contribution is 7.00. The van der Waals surface area contributed by atoms with Crippen molar-refractivity contribution >= 4 is 79.0 Å². The largest absolute Gasteiger partial charge is 0.310 e. The van der Waals surface area contributed by atoms with Crippen LogP contribution in [0.4, 0.5) is 34.1 Å². The molecule has 0 radical (unpaired) electrons. The van der Waals surface area contributed by atoms with E-state index in [2.05, 4.69) is 452 Å². The van der Waals surface area contributed by atoms with Crippen molar-refractivity contribution < 1.29 is 0 Å². The first-order valence-electron chi connectivity index (χ1n) is 44.0. The first-order valence-corrected chi connectivity index (χ1v) is 44.0. The van der Waals surface area contributed by atoms with Gasteiger partial charge in [0.1, 0.15) is 0 Å². The van der Waals surface area contributed by atoms with Crippen molar-refractivity contribution in [1.29, 1.82) is 0 Å². The Kier molecular flexibility index (Phi) is 17.8. The van der Waals surface area contributed by atoms with E-state index in [1.54, 1.807) is 0 Å². The Hall–Kier alpha value is -13.5. The summed E-state index contributed by atoms with van der Waals surface area (Å²) in [4.78, 5) is 5.55. The molecule has 16 aromatic carbocycles. The van der Waals surface area contributed by atoms with Crippen LogP contribution in [-0.2, 0) is 21.7 Å². The lowest BCUT2D eigenvalue weighted by Gasteiger charge is -2.46. The van der Waals surface area contributed by atoms with E-state index in [9.17, 15) is 0 Å². The summed E-state index contributed by atoms with van der Waals surface area (Å²) in [7, 11) is 0. The molecule has 1 unspecified atom stereocenters. The van der Waals surface area contributed by atoms with Crippen LogP contribution < -0.4 is 26.2 Å². The minimum atomic E-state index is -0.331. The van der Waals surface area contributed by atoms with Crippen molar-refractivity contribution in [3.05, 3.63) is 410 Å². The molecule has 0 bridgehead atoms. The van der Waals surface area contributed by atoms with Gasteiger partial charge in [0.15, 0.2) is 0 Å². The fourth-order valence-electron chi connectivity index (χ4n) is 21.8. The summed E-state index contributed by atoms with van der Waals surface area (Å²) in [6.07, 6.45) is 14.5. The van der Waals surface area contributed by atoms with E-state index < -0.39 is 0 Å². The molecule has 0 fully saturated rings. The number of fused-ring (bicyclic) bond motifs is 9. The minimum Gasteiger partial charge on any atom is -0.310 e. The van der Waals surface area contributed by atoms with E-state index in [0.717, 1.165) is 144 Å². The van der Waals surface area contributed by atoms with Crippen LogP contribution in [0.1, 0.15) is 121 Å². The number of hydrogen-bond acceptors (Lipinski definition) is 2. The number of allylic oxidation sites excluding steroid dienone is 4. The van der Waals surface area contributed by atoms with E-state index >= 15 is 0 Å². The van der Waals surface area contributed by atoms with E-state index in [1.807, 2.05) is 0 Å². The van der Waals surface area contributed by atoms with Crippen LogP contribution in [0.25, 0.3) is 128 Å². The number of rotatable bonds is 13. The zero-order valence-electron chi connectivity index (χ0n) is 70.9. The minimum absolute atomic E-state index is 0.0174. The summed E-state index contributed by atoms with van der Waals surface area (Å²) < 4.78 is 2.58. The molecule has 3 heterocycles. The number of benzene rings is 16.